The predicted octanol–water partition coefficient (Wildman–Crippen LogP) is 1.32. The van der Waals surface area contributed by atoms with Crippen molar-refractivity contribution < 1.29 is 4.48 Å². The Morgan fingerprint density at radius 2 is 2.00 bits per heavy atom. The van der Waals surface area contributed by atoms with E-state index in [1.165, 1.54) is 6.42 Å². The van der Waals surface area contributed by atoms with Crippen molar-refractivity contribution in [2.24, 2.45) is 11.7 Å². The van der Waals surface area contributed by atoms with Crippen LogP contribution in [-0.2, 0) is 0 Å². The summed E-state index contributed by atoms with van der Waals surface area (Å²) in [6.07, 6.45) is 4.30. The standard InChI is InChI=1S/C8H17FN2/c9-11-6-3-8(4-7-11)2-1-5-10/h8H,1-7,10H2. The summed E-state index contributed by atoms with van der Waals surface area (Å²) in [5, 5.41) is 0.916. The Kier molecular flexibility index (Phi) is 3.80. The van der Waals surface area contributed by atoms with Crippen molar-refractivity contribution in [3.8, 4) is 0 Å². The van der Waals surface area contributed by atoms with E-state index >= 15 is 0 Å². The first-order chi connectivity index (χ1) is 5.33. The number of hydrogen-bond donors (Lipinski definition) is 1. The highest BCUT2D eigenvalue weighted by atomic mass is 19.2. The van der Waals surface area contributed by atoms with Crippen molar-refractivity contribution in [3.63, 3.8) is 0 Å². The Labute approximate surface area is 67.5 Å². The van der Waals surface area contributed by atoms with Crippen LogP contribution in [-0.4, -0.2) is 24.8 Å². The second-order valence-corrected chi connectivity index (χ2v) is 3.28. The molecule has 1 aliphatic rings. The van der Waals surface area contributed by atoms with Crippen LogP contribution in [0.5, 0.6) is 0 Å². The van der Waals surface area contributed by atoms with Gasteiger partial charge < -0.3 is 5.73 Å². The smallest absolute Gasteiger partial charge is 0.0293 e. The zero-order valence-electron chi connectivity index (χ0n) is 6.93. The molecule has 3 heteroatoms. The van der Waals surface area contributed by atoms with E-state index in [0.717, 1.165) is 36.8 Å². The number of piperidine rings is 1. The molecule has 0 aromatic carbocycles. The van der Waals surface area contributed by atoms with E-state index in [-0.39, 0.29) is 0 Å². The van der Waals surface area contributed by atoms with Gasteiger partial charge in [-0.15, -0.1) is 9.60 Å². The van der Waals surface area contributed by atoms with E-state index in [0.29, 0.717) is 13.1 Å². The molecule has 0 spiro atoms. The normalized spacial score (nSPS) is 22.4. The fraction of sp³-hybridized carbons (Fsp3) is 1.00. The lowest BCUT2D eigenvalue weighted by Crippen LogP contribution is -2.27. The van der Waals surface area contributed by atoms with Gasteiger partial charge in [0.15, 0.2) is 0 Å². The zero-order valence-corrected chi connectivity index (χ0v) is 6.93. The predicted molar refractivity (Wildman–Crippen MR) is 43.7 cm³/mol. The molecule has 0 radical (unpaired) electrons. The lowest BCUT2D eigenvalue weighted by molar-refractivity contribution is -0.00981. The Balaban J connectivity index is 2.07. The lowest BCUT2D eigenvalue weighted by atomic mass is 9.93. The van der Waals surface area contributed by atoms with Gasteiger partial charge in [0, 0.05) is 13.1 Å². The molecule has 2 nitrogen and oxygen atoms in total. The van der Waals surface area contributed by atoms with E-state index in [1.54, 1.807) is 0 Å². The molecule has 1 rings (SSSR count). The van der Waals surface area contributed by atoms with Gasteiger partial charge in [0.2, 0.25) is 0 Å². The van der Waals surface area contributed by atoms with Crippen molar-refractivity contribution in [1.29, 1.82) is 0 Å². The van der Waals surface area contributed by atoms with Crippen molar-refractivity contribution in [2.45, 2.75) is 25.7 Å². The monoisotopic (exact) mass is 160 g/mol. The average molecular weight is 160 g/mol. The van der Waals surface area contributed by atoms with E-state index < -0.39 is 0 Å². The number of nitrogens with two attached hydrogens (primary N) is 1. The second kappa shape index (κ2) is 4.67. The topological polar surface area (TPSA) is 29.3 Å². The Morgan fingerprint density at radius 3 is 2.55 bits per heavy atom. The summed E-state index contributed by atoms with van der Waals surface area (Å²) in [4.78, 5) is 0. The molecule has 1 aliphatic heterocycles. The van der Waals surface area contributed by atoms with E-state index in [9.17, 15) is 4.48 Å². The molecule has 1 fully saturated rings. The number of hydrogen-bond acceptors (Lipinski definition) is 2. The SMILES string of the molecule is NCCCC1CCN(F)CC1. The first-order valence-corrected chi connectivity index (χ1v) is 4.43. The molecule has 1 saturated heterocycles. The van der Waals surface area contributed by atoms with E-state index in [4.69, 9.17) is 5.73 Å². The summed E-state index contributed by atoms with van der Waals surface area (Å²) in [5.74, 6) is 0.727. The molecule has 0 amide bonds. The maximum absolute atomic E-state index is 12.5. The maximum atomic E-state index is 12.5. The first kappa shape index (κ1) is 8.94. The molecule has 0 aromatic heterocycles. The van der Waals surface area contributed by atoms with Gasteiger partial charge in [-0.25, -0.2) is 0 Å². The van der Waals surface area contributed by atoms with Crippen LogP contribution in [0.25, 0.3) is 0 Å². The largest absolute Gasteiger partial charge is 0.330 e. The summed E-state index contributed by atoms with van der Waals surface area (Å²) in [7, 11) is 0. The highest BCUT2D eigenvalue weighted by Gasteiger charge is 2.17. The minimum absolute atomic E-state index is 0.620. The second-order valence-electron chi connectivity index (χ2n) is 3.28. The molecule has 0 bridgehead atoms. The van der Waals surface area contributed by atoms with Crippen LogP contribution in [0.3, 0.4) is 0 Å². The summed E-state index contributed by atoms with van der Waals surface area (Å²) >= 11 is 0. The zero-order chi connectivity index (χ0) is 8.10. The summed E-state index contributed by atoms with van der Waals surface area (Å²) in [6.45, 7) is 2.01. The van der Waals surface area contributed by atoms with Crippen LogP contribution < -0.4 is 5.73 Å². The number of nitrogens with zero attached hydrogens (tertiary/aromatic N) is 1. The molecule has 0 aromatic rings. The van der Waals surface area contributed by atoms with Gasteiger partial charge in [0.1, 0.15) is 0 Å². The van der Waals surface area contributed by atoms with Gasteiger partial charge in [-0.3, -0.25) is 0 Å². The van der Waals surface area contributed by atoms with Gasteiger partial charge >= 0.3 is 0 Å². The molecule has 0 unspecified atom stereocenters. The molecular formula is C8H17FN2. The Morgan fingerprint density at radius 1 is 1.36 bits per heavy atom. The third kappa shape index (κ3) is 3.16. The quantitative estimate of drug-likeness (QED) is 0.631. The molecule has 0 saturated carbocycles. The molecule has 66 valence electrons. The molecule has 0 aliphatic carbocycles. The summed E-state index contributed by atoms with van der Waals surface area (Å²) < 4.78 is 12.5. The summed E-state index contributed by atoms with van der Waals surface area (Å²) in [5.41, 5.74) is 5.39. The molecular weight excluding hydrogens is 143 g/mol. The van der Waals surface area contributed by atoms with E-state index in [1.807, 2.05) is 0 Å². The average Bonchev–Trinajstić information content (AvgIpc) is 2.04. The van der Waals surface area contributed by atoms with Crippen molar-refractivity contribution in [3.05, 3.63) is 0 Å². The number of halogens is 1. The van der Waals surface area contributed by atoms with Gasteiger partial charge in [0.25, 0.3) is 0 Å². The van der Waals surface area contributed by atoms with Gasteiger partial charge in [0.05, 0.1) is 0 Å². The van der Waals surface area contributed by atoms with Crippen molar-refractivity contribution in [2.75, 3.05) is 19.6 Å². The highest BCUT2D eigenvalue weighted by molar-refractivity contribution is 4.67. The third-order valence-electron chi connectivity index (χ3n) is 2.38. The van der Waals surface area contributed by atoms with Gasteiger partial charge in [-0.05, 0) is 38.1 Å². The Hall–Kier alpha value is -0.150. The van der Waals surface area contributed by atoms with Gasteiger partial charge in [-0.2, -0.15) is 0 Å². The van der Waals surface area contributed by atoms with Crippen LogP contribution in [0.2, 0.25) is 0 Å². The molecule has 0 atom stereocenters. The van der Waals surface area contributed by atoms with Crippen LogP contribution in [0.1, 0.15) is 25.7 Å². The molecule has 11 heavy (non-hydrogen) atoms. The summed E-state index contributed by atoms with van der Waals surface area (Å²) in [6, 6.07) is 0. The molecule has 1 heterocycles. The van der Waals surface area contributed by atoms with E-state index in [2.05, 4.69) is 0 Å². The van der Waals surface area contributed by atoms with Crippen molar-refractivity contribution in [1.82, 2.24) is 5.12 Å². The fourth-order valence-electron chi connectivity index (χ4n) is 1.60. The Bertz CT molecular complexity index is 97.5. The van der Waals surface area contributed by atoms with Gasteiger partial charge in [-0.1, -0.05) is 0 Å². The van der Waals surface area contributed by atoms with Crippen LogP contribution in [0, 0.1) is 5.92 Å². The van der Waals surface area contributed by atoms with Crippen LogP contribution >= 0.6 is 0 Å². The van der Waals surface area contributed by atoms with Crippen LogP contribution in [0.15, 0.2) is 0 Å². The number of rotatable bonds is 3. The van der Waals surface area contributed by atoms with Crippen molar-refractivity contribution >= 4 is 0 Å². The maximum Gasteiger partial charge on any atom is 0.0293 e. The minimum atomic E-state index is 0.620. The highest BCUT2D eigenvalue weighted by Crippen LogP contribution is 2.21. The first-order valence-electron chi connectivity index (χ1n) is 4.43. The minimum Gasteiger partial charge on any atom is -0.330 e. The fourth-order valence-corrected chi connectivity index (χ4v) is 1.60. The third-order valence-corrected chi connectivity index (χ3v) is 2.38. The molecule has 2 N–H and O–H groups in total. The van der Waals surface area contributed by atoms with Crippen LogP contribution in [0.4, 0.5) is 4.48 Å². The lowest BCUT2D eigenvalue weighted by Gasteiger charge is -2.25.